The summed E-state index contributed by atoms with van der Waals surface area (Å²) >= 11 is 0. The highest BCUT2D eigenvalue weighted by molar-refractivity contribution is 5.97. The van der Waals surface area contributed by atoms with E-state index in [9.17, 15) is 19.7 Å². The van der Waals surface area contributed by atoms with E-state index in [2.05, 4.69) is 4.98 Å². The number of H-pyrrole nitrogens is 1. The minimum atomic E-state index is -0.720. The second kappa shape index (κ2) is 10.0. The van der Waals surface area contributed by atoms with Gasteiger partial charge in [-0.25, -0.2) is 0 Å². The maximum Gasteiger partial charge on any atom is 0.269 e. The summed E-state index contributed by atoms with van der Waals surface area (Å²) in [4.78, 5) is 45.5. The standard InChI is InChI=1S/C30H28N4O6/c1-39-25-11-10-18(14-26(25)40-2)12-13-32-17-27(35)33-24(30(32)36)16-22-21-8-3-4-9-23(21)31-28(22)29(33)19-6-5-7-20(15-19)34(37)38/h3-11,14-15,24,29,31H,12-13,16-17H2,1-2H3/t24-,29-/m0/s1. The number of piperazine rings is 1. The average molecular weight is 541 g/mol. The first kappa shape index (κ1) is 25.4. The van der Waals surface area contributed by atoms with E-state index in [4.69, 9.17) is 9.47 Å². The van der Waals surface area contributed by atoms with Gasteiger partial charge in [0, 0.05) is 41.7 Å². The zero-order valence-corrected chi connectivity index (χ0v) is 22.1. The Morgan fingerprint density at radius 2 is 1.80 bits per heavy atom. The van der Waals surface area contributed by atoms with Crippen molar-refractivity contribution in [2.45, 2.75) is 24.9 Å². The number of carbonyl (C=O) groups is 2. The van der Waals surface area contributed by atoms with E-state index in [0.717, 1.165) is 27.7 Å². The van der Waals surface area contributed by atoms with Gasteiger partial charge in [-0.3, -0.25) is 19.7 Å². The van der Waals surface area contributed by atoms with Crippen molar-refractivity contribution in [1.82, 2.24) is 14.8 Å². The number of nitro benzene ring substituents is 1. The molecule has 0 unspecified atom stereocenters. The van der Waals surface area contributed by atoms with Crippen LogP contribution in [-0.4, -0.2) is 64.9 Å². The van der Waals surface area contributed by atoms with Crippen LogP contribution in [0.3, 0.4) is 0 Å². The first-order valence-electron chi connectivity index (χ1n) is 13.0. The van der Waals surface area contributed by atoms with Crippen LogP contribution in [0.1, 0.15) is 28.4 Å². The fourth-order valence-corrected chi connectivity index (χ4v) is 5.97. The van der Waals surface area contributed by atoms with E-state index in [1.54, 1.807) is 36.2 Å². The van der Waals surface area contributed by atoms with E-state index in [1.807, 2.05) is 42.5 Å². The number of aromatic nitrogens is 1. The molecule has 0 saturated carbocycles. The molecule has 1 fully saturated rings. The molecule has 0 bridgehead atoms. The summed E-state index contributed by atoms with van der Waals surface area (Å²) in [5.74, 6) is 0.894. The number of aromatic amines is 1. The molecule has 2 amide bonds. The fraction of sp³-hybridized carbons (Fsp3) is 0.267. The molecule has 3 heterocycles. The van der Waals surface area contributed by atoms with Gasteiger partial charge in [0.05, 0.1) is 31.7 Å². The number of fused-ring (bicyclic) bond motifs is 4. The summed E-state index contributed by atoms with van der Waals surface area (Å²) in [6, 6.07) is 18.4. The number of nitrogens with zero attached hydrogens (tertiary/aromatic N) is 3. The van der Waals surface area contributed by atoms with Gasteiger partial charge < -0.3 is 24.3 Å². The maximum absolute atomic E-state index is 13.9. The minimum absolute atomic E-state index is 0.0652. The largest absolute Gasteiger partial charge is 0.493 e. The topological polar surface area (TPSA) is 118 Å². The second-order valence-corrected chi connectivity index (χ2v) is 10.0. The number of amides is 2. The SMILES string of the molecule is COc1ccc(CCN2CC(=O)N3[C@@H](c4cccc([N+](=O)[O-])c4)c4[nH]c5ccccc5c4C[C@H]3C2=O)cc1OC. The van der Waals surface area contributed by atoms with Gasteiger partial charge in [0.15, 0.2) is 11.5 Å². The first-order valence-corrected chi connectivity index (χ1v) is 13.0. The van der Waals surface area contributed by atoms with Gasteiger partial charge in [0.1, 0.15) is 6.04 Å². The van der Waals surface area contributed by atoms with Crippen molar-refractivity contribution in [2.75, 3.05) is 27.3 Å². The fourth-order valence-electron chi connectivity index (χ4n) is 5.97. The Balaban J connectivity index is 1.36. The van der Waals surface area contributed by atoms with E-state index in [1.165, 1.54) is 12.1 Å². The molecular formula is C30H28N4O6. The van der Waals surface area contributed by atoms with Gasteiger partial charge in [-0.15, -0.1) is 0 Å². The molecule has 2 aliphatic rings. The monoisotopic (exact) mass is 540 g/mol. The summed E-state index contributed by atoms with van der Waals surface area (Å²) in [5.41, 5.74) is 4.12. The number of hydrogen-bond acceptors (Lipinski definition) is 6. The van der Waals surface area contributed by atoms with Gasteiger partial charge in [0.25, 0.3) is 5.69 Å². The van der Waals surface area contributed by atoms with Gasteiger partial charge in [0.2, 0.25) is 11.8 Å². The molecule has 0 aliphatic carbocycles. The highest BCUT2D eigenvalue weighted by Gasteiger charge is 2.48. The van der Waals surface area contributed by atoms with Crippen LogP contribution < -0.4 is 9.47 Å². The Bertz CT molecular complexity index is 1650. The van der Waals surface area contributed by atoms with Crippen LogP contribution in [0.5, 0.6) is 11.5 Å². The predicted molar refractivity (Wildman–Crippen MR) is 147 cm³/mol. The number of ether oxygens (including phenoxy) is 2. The molecule has 0 spiro atoms. The zero-order valence-electron chi connectivity index (χ0n) is 22.1. The molecule has 10 heteroatoms. The van der Waals surface area contributed by atoms with Crippen LogP contribution in [0.25, 0.3) is 10.9 Å². The molecule has 1 aromatic heterocycles. The quantitative estimate of drug-likeness (QED) is 0.280. The van der Waals surface area contributed by atoms with Gasteiger partial charge in [-0.05, 0) is 41.3 Å². The van der Waals surface area contributed by atoms with Crippen LogP contribution in [-0.2, 0) is 22.4 Å². The lowest BCUT2D eigenvalue weighted by Crippen LogP contribution is -2.63. The molecule has 204 valence electrons. The highest BCUT2D eigenvalue weighted by atomic mass is 16.6. The van der Waals surface area contributed by atoms with Gasteiger partial charge in [-0.1, -0.05) is 36.4 Å². The normalized spacial score (nSPS) is 18.4. The maximum atomic E-state index is 13.9. The molecule has 2 atom stereocenters. The predicted octanol–water partition coefficient (Wildman–Crippen LogP) is 4.02. The summed E-state index contributed by atoms with van der Waals surface area (Å²) in [7, 11) is 3.15. The number of non-ortho nitro benzene ring substituents is 1. The molecule has 6 rings (SSSR count). The summed E-state index contributed by atoms with van der Waals surface area (Å²) in [6.07, 6.45) is 0.904. The minimum Gasteiger partial charge on any atom is -0.493 e. The number of benzene rings is 3. The Hall–Kier alpha value is -4.86. The van der Waals surface area contributed by atoms with Gasteiger partial charge >= 0.3 is 0 Å². The number of nitro groups is 1. The molecule has 3 aromatic carbocycles. The van der Waals surface area contributed by atoms with Gasteiger partial charge in [-0.2, -0.15) is 0 Å². The van der Waals surface area contributed by atoms with E-state index >= 15 is 0 Å². The summed E-state index contributed by atoms with van der Waals surface area (Å²) in [6.45, 7) is 0.302. The van der Waals surface area contributed by atoms with Crippen LogP contribution in [0.2, 0.25) is 0 Å². The molecule has 40 heavy (non-hydrogen) atoms. The number of nitrogens with one attached hydrogen (secondary N) is 1. The lowest BCUT2D eigenvalue weighted by Gasteiger charge is -2.47. The van der Waals surface area contributed by atoms with E-state index in [0.29, 0.717) is 36.4 Å². The lowest BCUT2D eigenvalue weighted by atomic mass is 9.86. The third-order valence-corrected chi connectivity index (χ3v) is 7.86. The summed E-state index contributed by atoms with van der Waals surface area (Å²) in [5, 5.41) is 12.6. The molecule has 1 saturated heterocycles. The highest BCUT2D eigenvalue weighted by Crippen LogP contribution is 2.43. The van der Waals surface area contributed by atoms with Crippen LogP contribution in [0.15, 0.2) is 66.7 Å². The molecular weight excluding hydrogens is 512 g/mol. The van der Waals surface area contributed by atoms with Crippen molar-refractivity contribution in [3.63, 3.8) is 0 Å². The average Bonchev–Trinajstić information content (AvgIpc) is 3.35. The van der Waals surface area contributed by atoms with Crippen LogP contribution in [0, 0.1) is 10.1 Å². The van der Waals surface area contributed by atoms with Crippen molar-refractivity contribution in [3.05, 3.63) is 99.2 Å². The Kier molecular flexibility index (Phi) is 6.37. The van der Waals surface area contributed by atoms with Crippen molar-refractivity contribution in [2.24, 2.45) is 0 Å². The molecule has 4 aromatic rings. The second-order valence-electron chi connectivity index (χ2n) is 10.0. The Morgan fingerprint density at radius 1 is 1.00 bits per heavy atom. The molecule has 1 N–H and O–H groups in total. The van der Waals surface area contributed by atoms with Crippen molar-refractivity contribution in [1.29, 1.82) is 0 Å². The molecule has 0 radical (unpaired) electrons. The van der Waals surface area contributed by atoms with E-state index in [-0.39, 0.29) is 24.0 Å². The first-order chi connectivity index (χ1) is 19.4. The number of carbonyl (C=O) groups excluding carboxylic acids is 2. The summed E-state index contributed by atoms with van der Waals surface area (Å²) < 4.78 is 10.7. The Labute approximate surface area is 230 Å². The number of hydrogen-bond donors (Lipinski definition) is 1. The Morgan fingerprint density at radius 3 is 2.58 bits per heavy atom. The lowest BCUT2D eigenvalue weighted by molar-refractivity contribution is -0.384. The zero-order chi connectivity index (χ0) is 28.0. The number of methoxy groups -OCH3 is 2. The van der Waals surface area contributed by atoms with Crippen molar-refractivity contribution < 1.29 is 24.0 Å². The van der Waals surface area contributed by atoms with Crippen molar-refractivity contribution >= 4 is 28.4 Å². The third-order valence-electron chi connectivity index (χ3n) is 7.86. The molecule has 2 aliphatic heterocycles. The third kappa shape index (κ3) is 4.21. The van der Waals surface area contributed by atoms with Crippen LogP contribution in [0.4, 0.5) is 5.69 Å². The smallest absolute Gasteiger partial charge is 0.269 e. The van der Waals surface area contributed by atoms with Crippen LogP contribution >= 0.6 is 0 Å². The molecule has 10 nitrogen and oxygen atoms in total. The van der Waals surface area contributed by atoms with Crippen molar-refractivity contribution in [3.8, 4) is 11.5 Å². The number of rotatable bonds is 7. The number of para-hydroxylation sites is 1. The van der Waals surface area contributed by atoms with E-state index < -0.39 is 17.0 Å².